The Labute approximate surface area is 116 Å². The Balaban J connectivity index is 3.11. The molecule has 1 N–H and O–H groups in total. The quantitative estimate of drug-likeness (QED) is 0.806. The zero-order chi connectivity index (χ0) is 14.5. The normalized spacial score (nSPS) is 13.6. The van der Waals surface area contributed by atoms with E-state index in [1.807, 2.05) is 33.8 Å². The van der Waals surface area contributed by atoms with Gasteiger partial charge < -0.3 is 10.1 Å². The maximum absolute atomic E-state index is 14.1. The minimum Gasteiger partial charge on any atom is -0.374 e. The molecule has 0 aliphatic carbocycles. The van der Waals surface area contributed by atoms with Gasteiger partial charge >= 0.3 is 0 Å². The molecule has 108 valence electrons. The van der Waals surface area contributed by atoms with Gasteiger partial charge in [-0.3, -0.25) is 0 Å². The third kappa shape index (κ3) is 4.29. The highest BCUT2D eigenvalue weighted by Gasteiger charge is 2.32. The first-order chi connectivity index (χ1) is 8.92. The van der Waals surface area contributed by atoms with Gasteiger partial charge in [-0.2, -0.15) is 0 Å². The lowest BCUT2D eigenvalue weighted by atomic mass is 9.90. The second-order valence-electron chi connectivity index (χ2n) is 5.45. The summed E-state index contributed by atoms with van der Waals surface area (Å²) in [5.41, 5.74) is 1.30. The summed E-state index contributed by atoms with van der Waals surface area (Å²) in [6.45, 7) is 11.5. The molecule has 1 atom stereocenters. The van der Waals surface area contributed by atoms with E-state index < -0.39 is 5.60 Å². The smallest absolute Gasteiger partial charge is 0.128 e. The molecule has 3 heteroatoms. The number of benzene rings is 1. The van der Waals surface area contributed by atoms with Gasteiger partial charge in [0.05, 0.1) is 11.6 Å². The first kappa shape index (κ1) is 16.1. The van der Waals surface area contributed by atoms with Crippen LogP contribution in [0.4, 0.5) is 4.39 Å². The molecule has 0 spiro atoms. The van der Waals surface area contributed by atoms with Crippen LogP contribution in [0.3, 0.4) is 0 Å². The molecule has 1 rings (SSSR count). The van der Waals surface area contributed by atoms with E-state index in [0.717, 1.165) is 18.5 Å². The van der Waals surface area contributed by atoms with Gasteiger partial charge in [0.1, 0.15) is 5.82 Å². The molecule has 0 aromatic heterocycles. The second-order valence-corrected chi connectivity index (χ2v) is 5.45. The van der Waals surface area contributed by atoms with Crippen LogP contribution in [0.1, 0.15) is 51.3 Å². The highest BCUT2D eigenvalue weighted by Crippen LogP contribution is 2.31. The Morgan fingerprint density at radius 1 is 1.32 bits per heavy atom. The van der Waals surface area contributed by atoms with Gasteiger partial charge in [-0.25, -0.2) is 4.39 Å². The average molecular weight is 267 g/mol. The first-order valence-electron chi connectivity index (χ1n) is 7.05. The second kappa shape index (κ2) is 7.01. The number of rotatable bonds is 7. The Morgan fingerprint density at radius 3 is 2.58 bits per heavy atom. The third-order valence-corrected chi connectivity index (χ3v) is 3.27. The Morgan fingerprint density at radius 2 is 2.00 bits per heavy atom. The number of ether oxygens (including phenoxy) is 1. The van der Waals surface area contributed by atoms with E-state index in [4.69, 9.17) is 4.74 Å². The summed E-state index contributed by atoms with van der Waals surface area (Å²) in [4.78, 5) is 0. The molecule has 0 aliphatic heterocycles. The van der Waals surface area contributed by atoms with E-state index in [1.54, 1.807) is 6.07 Å². The van der Waals surface area contributed by atoms with Crippen molar-refractivity contribution in [3.63, 3.8) is 0 Å². The average Bonchev–Trinajstić information content (AvgIpc) is 2.33. The van der Waals surface area contributed by atoms with Crippen LogP contribution in [0.25, 0.3) is 0 Å². The van der Waals surface area contributed by atoms with Crippen LogP contribution in [0, 0.1) is 12.7 Å². The predicted molar refractivity (Wildman–Crippen MR) is 77.9 cm³/mol. The van der Waals surface area contributed by atoms with Crippen molar-refractivity contribution in [1.82, 2.24) is 5.32 Å². The molecule has 19 heavy (non-hydrogen) atoms. The van der Waals surface area contributed by atoms with Crippen LogP contribution < -0.4 is 5.32 Å². The fraction of sp³-hybridized carbons (Fsp3) is 0.625. The van der Waals surface area contributed by atoms with Gasteiger partial charge in [-0.15, -0.1) is 0 Å². The largest absolute Gasteiger partial charge is 0.374 e. The minimum absolute atomic E-state index is 0.146. The molecule has 1 aromatic rings. The molecule has 0 saturated carbocycles. The summed E-state index contributed by atoms with van der Waals surface area (Å²) < 4.78 is 19.9. The van der Waals surface area contributed by atoms with E-state index in [1.165, 1.54) is 6.07 Å². The van der Waals surface area contributed by atoms with E-state index in [-0.39, 0.29) is 11.9 Å². The number of aryl methyl sites for hydroxylation is 1. The zero-order valence-electron chi connectivity index (χ0n) is 12.7. The van der Waals surface area contributed by atoms with Crippen molar-refractivity contribution in [2.24, 2.45) is 0 Å². The lowest BCUT2D eigenvalue weighted by Gasteiger charge is -2.35. The number of hydrogen-bond acceptors (Lipinski definition) is 2. The van der Waals surface area contributed by atoms with E-state index >= 15 is 0 Å². The van der Waals surface area contributed by atoms with Crippen molar-refractivity contribution in [3.8, 4) is 0 Å². The van der Waals surface area contributed by atoms with Crippen LogP contribution in [0.5, 0.6) is 0 Å². The maximum atomic E-state index is 14.1. The SMILES string of the molecule is CCCNC(c1cc(C)ccc1F)C(C)(C)OCC. The van der Waals surface area contributed by atoms with Crippen LogP contribution in [-0.4, -0.2) is 18.8 Å². The summed E-state index contributed by atoms with van der Waals surface area (Å²) in [5.74, 6) is -0.174. The molecule has 0 amide bonds. The molecule has 0 heterocycles. The van der Waals surface area contributed by atoms with E-state index in [0.29, 0.717) is 12.2 Å². The van der Waals surface area contributed by atoms with Gasteiger partial charge in [0.2, 0.25) is 0 Å². The lowest BCUT2D eigenvalue weighted by Crippen LogP contribution is -2.42. The van der Waals surface area contributed by atoms with Crippen molar-refractivity contribution in [2.45, 2.75) is 52.7 Å². The van der Waals surface area contributed by atoms with Gasteiger partial charge in [0, 0.05) is 12.2 Å². The predicted octanol–water partition coefficient (Wildman–Crippen LogP) is 3.99. The summed E-state index contributed by atoms with van der Waals surface area (Å²) in [6, 6.07) is 5.09. The monoisotopic (exact) mass is 267 g/mol. The summed E-state index contributed by atoms with van der Waals surface area (Å²) in [6.07, 6.45) is 1.01. The molecule has 0 fully saturated rings. The van der Waals surface area contributed by atoms with Gasteiger partial charge in [-0.05, 0) is 46.7 Å². The van der Waals surface area contributed by atoms with Crippen molar-refractivity contribution < 1.29 is 9.13 Å². The summed E-state index contributed by atoms with van der Waals surface area (Å²) >= 11 is 0. The van der Waals surface area contributed by atoms with Gasteiger partial charge in [0.15, 0.2) is 0 Å². The van der Waals surface area contributed by atoms with E-state index in [2.05, 4.69) is 12.2 Å². The third-order valence-electron chi connectivity index (χ3n) is 3.27. The highest BCUT2D eigenvalue weighted by molar-refractivity contribution is 5.28. The van der Waals surface area contributed by atoms with Crippen LogP contribution in [0.15, 0.2) is 18.2 Å². The molecule has 0 bridgehead atoms. The molecule has 1 unspecified atom stereocenters. The number of halogens is 1. The maximum Gasteiger partial charge on any atom is 0.128 e. The molecule has 0 saturated heterocycles. The topological polar surface area (TPSA) is 21.3 Å². The van der Waals surface area contributed by atoms with Crippen molar-refractivity contribution in [3.05, 3.63) is 35.1 Å². The van der Waals surface area contributed by atoms with E-state index in [9.17, 15) is 4.39 Å². The molecule has 1 aromatic carbocycles. The Bertz CT molecular complexity index is 404. The van der Waals surface area contributed by atoms with Gasteiger partial charge in [-0.1, -0.05) is 24.6 Å². The Hall–Kier alpha value is -0.930. The highest BCUT2D eigenvalue weighted by atomic mass is 19.1. The molecular weight excluding hydrogens is 241 g/mol. The fourth-order valence-corrected chi connectivity index (χ4v) is 2.36. The number of hydrogen-bond donors (Lipinski definition) is 1. The van der Waals surface area contributed by atoms with Crippen molar-refractivity contribution >= 4 is 0 Å². The molecule has 0 radical (unpaired) electrons. The van der Waals surface area contributed by atoms with Crippen LogP contribution in [0.2, 0.25) is 0 Å². The standard InChI is InChI=1S/C16H26FNO/c1-6-10-18-15(16(4,5)19-7-2)13-11-12(3)8-9-14(13)17/h8-9,11,15,18H,6-7,10H2,1-5H3. The van der Waals surface area contributed by atoms with Gasteiger partial charge in [0.25, 0.3) is 0 Å². The zero-order valence-corrected chi connectivity index (χ0v) is 12.7. The Kier molecular flexibility index (Phi) is 5.95. The molecule has 2 nitrogen and oxygen atoms in total. The fourth-order valence-electron chi connectivity index (χ4n) is 2.36. The van der Waals surface area contributed by atoms with Crippen molar-refractivity contribution in [2.75, 3.05) is 13.2 Å². The van der Waals surface area contributed by atoms with Crippen LogP contribution >= 0.6 is 0 Å². The van der Waals surface area contributed by atoms with Crippen molar-refractivity contribution in [1.29, 1.82) is 0 Å². The first-order valence-corrected chi connectivity index (χ1v) is 7.05. The summed E-state index contributed by atoms with van der Waals surface area (Å²) in [5, 5.41) is 3.41. The molecule has 0 aliphatic rings. The molecular formula is C16H26FNO. The lowest BCUT2D eigenvalue weighted by molar-refractivity contribution is -0.0399. The number of nitrogens with one attached hydrogen (secondary N) is 1. The summed E-state index contributed by atoms with van der Waals surface area (Å²) in [7, 11) is 0. The minimum atomic E-state index is -0.446. The van der Waals surface area contributed by atoms with Crippen LogP contribution in [-0.2, 0) is 4.74 Å².